The zero-order valence-corrected chi connectivity index (χ0v) is 19.2. The Morgan fingerprint density at radius 1 is 1.12 bits per heavy atom. The smallest absolute Gasteiger partial charge is 0.228 e. The largest absolute Gasteiger partial charge is 0.368 e. The lowest BCUT2D eigenvalue weighted by Gasteiger charge is -2.30. The highest BCUT2D eigenvalue weighted by Gasteiger charge is 2.41. The maximum absolute atomic E-state index is 13.4. The lowest BCUT2D eigenvalue weighted by atomic mass is 9.74. The highest BCUT2D eigenvalue weighted by atomic mass is 16.1. The maximum Gasteiger partial charge on any atom is 0.228 e. The first-order valence-electron chi connectivity index (χ1n) is 11.8. The van der Waals surface area contributed by atoms with E-state index in [9.17, 15) is 9.59 Å². The SMILES string of the molecule is CC(=O)C1=C(C)c2cnc(Nc3ccc(N4CCNCC4)cn3)nc2C(C2CCCC2)C1=O. The molecule has 2 aromatic rings. The van der Waals surface area contributed by atoms with E-state index in [1.54, 1.807) is 6.20 Å². The Morgan fingerprint density at radius 2 is 1.88 bits per heavy atom. The van der Waals surface area contributed by atoms with Gasteiger partial charge >= 0.3 is 0 Å². The first-order chi connectivity index (χ1) is 16.0. The predicted octanol–water partition coefficient (Wildman–Crippen LogP) is 3.24. The van der Waals surface area contributed by atoms with Crippen LogP contribution in [-0.2, 0) is 9.59 Å². The first-order valence-corrected chi connectivity index (χ1v) is 11.8. The number of allylic oxidation sites excluding steroid dienone is 2. The molecule has 3 heterocycles. The molecule has 3 aliphatic rings. The van der Waals surface area contributed by atoms with Crippen molar-refractivity contribution in [2.45, 2.75) is 45.4 Å². The van der Waals surface area contributed by atoms with Crippen molar-refractivity contribution in [1.82, 2.24) is 20.3 Å². The zero-order valence-electron chi connectivity index (χ0n) is 19.2. The Labute approximate surface area is 193 Å². The van der Waals surface area contributed by atoms with Crippen molar-refractivity contribution in [3.63, 3.8) is 0 Å². The second kappa shape index (κ2) is 9.02. The van der Waals surface area contributed by atoms with Gasteiger partial charge in [0.05, 0.1) is 29.1 Å². The van der Waals surface area contributed by atoms with E-state index < -0.39 is 0 Å². The van der Waals surface area contributed by atoms with Crippen molar-refractivity contribution in [3.05, 3.63) is 41.4 Å². The highest BCUT2D eigenvalue weighted by molar-refractivity contribution is 6.27. The fourth-order valence-corrected chi connectivity index (χ4v) is 5.43. The molecule has 0 amide bonds. The summed E-state index contributed by atoms with van der Waals surface area (Å²) in [7, 11) is 0. The van der Waals surface area contributed by atoms with Crippen LogP contribution in [0.4, 0.5) is 17.5 Å². The molecule has 2 N–H and O–H groups in total. The number of nitrogens with one attached hydrogen (secondary N) is 2. The van der Waals surface area contributed by atoms with Gasteiger partial charge in [0.1, 0.15) is 5.82 Å². The number of nitrogens with zero attached hydrogens (tertiary/aromatic N) is 4. The van der Waals surface area contributed by atoms with Gasteiger partial charge in [-0.2, -0.15) is 0 Å². The molecule has 33 heavy (non-hydrogen) atoms. The average Bonchev–Trinajstić information content (AvgIpc) is 3.34. The van der Waals surface area contributed by atoms with E-state index in [4.69, 9.17) is 4.98 Å². The first kappa shape index (κ1) is 21.7. The standard InChI is InChI=1S/C25H30N6O2/c1-15-19-14-28-25(29-20-8-7-18(13-27-20)31-11-9-26-10-12-31)30-23(19)22(17-5-3-4-6-17)24(33)21(15)16(2)32/h7-8,13-14,17,22,26H,3-6,9-12H2,1-2H3,(H,27,28,29,30). The van der Waals surface area contributed by atoms with Crippen LogP contribution in [0.3, 0.4) is 0 Å². The van der Waals surface area contributed by atoms with Crippen molar-refractivity contribution in [3.8, 4) is 0 Å². The quantitative estimate of drug-likeness (QED) is 0.675. The number of carbonyl (C=O) groups excluding carboxylic acids is 2. The molecule has 0 aromatic carbocycles. The normalized spacial score (nSPS) is 21.3. The molecular formula is C25H30N6O2. The number of anilines is 3. The number of fused-ring (bicyclic) bond motifs is 1. The van der Waals surface area contributed by atoms with Gasteiger partial charge in [-0.05, 0) is 50.3 Å². The molecule has 0 spiro atoms. The molecular weight excluding hydrogens is 416 g/mol. The van der Waals surface area contributed by atoms with Gasteiger partial charge in [-0.1, -0.05) is 12.8 Å². The van der Waals surface area contributed by atoms with Gasteiger partial charge in [0.15, 0.2) is 11.6 Å². The van der Waals surface area contributed by atoms with Gasteiger partial charge in [0.25, 0.3) is 0 Å². The Balaban J connectivity index is 1.44. The molecule has 1 atom stereocenters. The molecule has 2 aliphatic carbocycles. The number of carbonyl (C=O) groups is 2. The van der Waals surface area contributed by atoms with Crippen LogP contribution in [0, 0.1) is 5.92 Å². The number of pyridine rings is 1. The minimum absolute atomic E-state index is 0.0810. The van der Waals surface area contributed by atoms with Crippen molar-refractivity contribution in [2.24, 2.45) is 5.92 Å². The maximum atomic E-state index is 13.4. The van der Waals surface area contributed by atoms with Crippen molar-refractivity contribution < 1.29 is 9.59 Å². The van der Waals surface area contributed by atoms with Gasteiger partial charge in [0.2, 0.25) is 5.95 Å². The number of ketones is 2. The Hall–Kier alpha value is -3.13. The lowest BCUT2D eigenvalue weighted by Crippen LogP contribution is -2.43. The summed E-state index contributed by atoms with van der Waals surface area (Å²) in [6.45, 7) is 7.18. The van der Waals surface area contributed by atoms with Crippen LogP contribution in [0.1, 0.15) is 56.7 Å². The third kappa shape index (κ3) is 4.15. The van der Waals surface area contributed by atoms with E-state index in [0.717, 1.165) is 68.8 Å². The highest BCUT2D eigenvalue weighted by Crippen LogP contribution is 2.45. The van der Waals surface area contributed by atoms with Crippen molar-refractivity contribution >= 4 is 34.6 Å². The second-order valence-corrected chi connectivity index (χ2v) is 9.20. The number of hydrogen-bond donors (Lipinski definition) is 2. The molecule has 5 rings (SSSR count). The third-order valence-electron chi connectivity index (χ3n) is 7.11. The van der Waals surface area contributed by atoms with E-state index >= 15 is 0 Å². The summed E-state index contributed by atoms with van der Waals surface area (Å²) in [4.78, 5) is 41.8. The van der Waals surface area contributed by atoms with E-state index in [1.807, 2.05) is 19.2 Å². The van der Waals surface area contributed by atoms with E-state index in [2.05, 4.69) is 31.6 Å². The van der Waals surface area contributed by atoms with Crippen LogP contribution in [0.2, 0.25) is 0 Å². The number of piperazine rings is 1. The fourth-order valence-electron chi connectivity index (χ4n) is 5.43. The van der Waals surface area contributed by atoms with Gasteiger partial charge < -0.3 is 15.5 Å². The topological polar surface area (TPSA) is 100 Å². The number of hydrogen-bond acceptors (Lipinski definition) is 8. The molecule has 1 saturated carbocycles. The van der Waals surface area contributed by atoms with Crippen LogP contribution >= 0.6 is 0 Å². The monoisotopic (exact) mass is 446 g/mol. The van der Waals surface area contributed by atoms with Crippen molar-refractivity contribution in [1.29, 1.82) is 0 Å². The molecule has 2 fully saturated rings. The minimum atomic E-state index is -0.378. The molecule has 0 bridgehead atoms. The summed E-state index contributed by atoms with van der Waals surface area (Å²) in [5, 5.41) is 6.56. The Kier molecular flexibility index (Phi) is 5.93. The van der Waals surface area contributed by atoms with E-state index in [-0.39, 0.29) is 23.4 Å². The lowest BCUT2D eigenvalue weighted by molar-refractivity contribution is -0.122. The molecule has 1 aliphatic heterocycles. The second-order valence-electron chi connectivity index (χ2n) is 9.20. The zero-order chi connectivity index (χ0) is 22.9. The molecule has 8 nitrogen and oxygen atoms in total. The van der Waals surface area contributed by atoms with Crippen molar-refractivity contribution in [2.75, 3.05) is 36.4 Å². The van der Waals surface area contributed by atoms with Gasteiger partial charge in [-0.25, -0.2) is 15.0 Å². The van der Waals surface area contributed by atoms with E-state index in [0.29, 0.717) is 22.9 Å². The molecule has 1 saturated heterocycles. The van der Waals surface area contributed by atoms with Gasteiger partial charge in [-0.15, -0.1) is 0 Å². The Bertz CT molecular complexity index is 1100. The summed E-state index contributed by atoms with van der Waals surface area (Å²) in [5.74, 6) is 0.662. The average molecular weight is 447 g/mol. The van der Waals surface area contributed by atoms with Gasteiger partial charge in [0, 0.05) is 37.9 Å². The molecule has 2 aromatic heterocycles. The number of rotatable bonds is 5. The van der Waals surface area contributed by atoms with Crippen LogP contribution in [0.5, 0.6) is 0 Å². The number of Topliss-reactive ketones (excluding diaryl/α,β-unsaturated/α-hetero) is 2. The van der Waals surface area contributed by atoms with E-state index in [1.165, 1.54) is 6.92 Å². The molecule has 0 radical (unpaired) electrons. The molecule has 172 valence electrons. The Morgan fingerprint density at radius 3 is 2.55 bits per heavy atom. The summed E-state index contributed by atoms with van der Waals surface area (Å²) < 4.78 is 0. The summed E-state index contributed by atoms with van der Waals surface area (Å²) >= 11 is 0. The molecule has 1 unspecified atom stereocenters. The summed E-state index contributed by atoms with van der Waals surface area (Å²) in [6.07, 6.45) is 7.81. The summed E-state index contributed by atoms with van der Waals surface area (Å²) in [5.41, 5.74) is 3.64. The van der Waals surface area contributed by atoms with Crippen LogP contribution in [-0.4, -0.2) is 52.7 Å². The van der Waals surface area contributed by atoms with Crippen LogP contribution in [0.15, 0.2) is 30.1 Å². The van der Waals surface area contributed by atoms with Crippen LogP contribution < -0.4 is 15.5 Å². The predicted molar refractivity (Wildman–Crippen MR) is 128 cm³/mol. The minimum Gasteiger partial charge on any atom is -0.368 e. The molecule has 8 heteroatoms. The third-order valence-corrected chi connectivity index (χ3v) is 7.11. The fraction of sp³-hybridized carbons (Fsp3) is 0.480. The summed E-state index contributed by atoms with van der Waals surface area (Å²) in [6, 6.07) is 3.98. The van der Waals surface area contributed by atoms with Gasteiger partial charge in [-0.3, -0.25) is 9.59 Å². The number of aromatic nitrogens is 3. The van der Waals surface area contributed by atoms with Crippen LogP contribution in [0.25, 0.3) is 5.57 Å².